The van der Waals surface area contributed by atoms with E-state index in [0.29, 0.717) is 60.4 Å². The van der Waals surface area contributed by atoms with E-state index in [0.717, 1.165) is 12.1 Å². The number of amides is 3. The molecular formula is C36H39F2N7O6. The largest absolute Gasteiger partial charge is 0.477 e. The van der Waals surface area contributed by atoms with Gasteiger partial charge >= 0.3 is 12.1 Å². The van der Waals surface area contributed by atoms with E-state index in [1.54, 1.807) is 69.3 Å². The van der Waals surface area contributed by atoms with Crippen molar-refractivity contribution in [1.82, 2.24) is 31.3 Å². The number of carbonyl (C=O) groups excluding carboxylic acids is 3. The van der Waals surface area contributed by atoms with Crippen molar-refractivity contribution < 1.29 is 37.8 Å². The highest BCUT2D eigenvalue weighted by Gasteiger charge is 2.30. The number of ether oxygens (including phenoxy) is 1. The molecule has 5 N–H and O–H groups in total. The van der Waals surface area contributed by atoms with Crippen LogP contribution in [0.1, 0.15) is 62.4 Å². The topological polar surface area (TPSA) is 188 Å². The summed E-state index contributed by atoms with van der Waals surface area (Å²) in [5.41, 5.74) is 0.792. The van der Waals surface area contributed by atoms with Crippen molar-refractivity contribution in [1.29, 1.82) is 0 Å². The molecule has 0 bridgehead atoms. The van der Waals surface area contributed by atoms with E-state index in [4.69, 9.17) is 9.84 Å². The second kappa shape index (κ2) is 15.9. The SMILES string of the molecule is CC(C)(C)OC(=O)NC[C@H]1CC[C@H](C(=O)N[C@@H](Cc2ccc(-c3cc(F)c(C(=O)O)c(F)c3)cc2)C(=O)Nc2ccc(-c3nnn[nH]3)cc2)CC1. The van der Waals surface area contributed by atoms with Gasteiger partial charge in [0.25, 0.3) is 0 Å². The van der Waals surface area contributed by atoms with Gasteiger partial charge in [-0.05, 0) is 116 Å². The molecule has 0 spiro atoms. The molecule has 0 aliphatic heterocycles. The maximum atomic E-state index is 14.3. The van der Waals surface area contributed by atoms with Gasteiger partial charge in [-0.1, -0.05) is 24.3 Å². The summed E-state index contributed by atoms with van der Waals surface area (Å²) in [4.78, 5) is 50.4. The Kier molecular flexibility index (Phi) is 11.4. The molecule has 268 valence electrons. The van der Waals surface area contributed by atoms with Crippen molar-refractivity contribution in [3.8, 4) is 22.5 Å². The molecule has 15 heteroatoms. The molecule has 5 rings (SSSR count). The zero-order chi connectivity index (χ0) is 36.7. The van der Waals surface area contributed by atoms with Crippen LogP contribution in [-0.4, -0.2) is 67.8 Å². The summed E-state index contributed by atoms with van der Waals surface area (Å²) in [5, 5.41) is 31.3. The van der Waals surface area contributed by atoms with E-state index in [9.17, 15) is 28.0 Å². The monoisotopic (exact) mass is 703 g/mol. The summed E-state index contributed by atoms with van der Waals surface area (Å²) < 4.78 is 34.0. The number of nitrogens with one attached hydrogen (secondary N) is 4. The van der Waals surface area contributed by atoms with Crippen molar-refractivity contribution in [2.45, 2.75) is 64.5 Å². The third-order valence-electron chi connectivity index (χ3n) is 8.54. The fourth-order valence-electron chi connectivity index (χ4n) is 5.90. The zero-order valence-corrected chi connectivity index (χ0v) is 28.3. The molecule has 0 unspecified atom stereocenters. The average Bonchev–Trinajstić information content (AvgIpc) is 3.62. The van der Waals surface area contributed by atoms with Gasteiger partial charge in [0, 0.05) is 30.1 Å². The van der Waals surface area contributed by atoms with Crippen LogP contribution in [0.15, 0.2) is 60.7 Å². The standard InChI is InChI=1S/C36H39F2N7O6/c1-36(2,3)51-35(50)39-19-21-6-10-24(11-7-21)32(46)41-29(33(47)40-26-14-12-23(13-15-26)31-42-44-45-43-31)16-20-4-8-22(9-5-20)25-17-27(37)30(34(48)49)28(38)18-25/h4-5,8-9,12-15,17-18,21,24,29H,6-7,10-11,16,19H2,1-3H3,(H,39,50)(H,40,47)(H,41,46)(H,48,49)(H,42,43,44,45)/t21-,24-,29-/m0/s1. The maximum absolute atomic E-state index is 14.3. The third kappa shape index (κ3) is 9.93. The number of aromatic carboxylic acids is 1. The first-order chi connectivity index (χ1) is 24.3. The molecule has 3 aromatic carbocycles. The maximum Gasteiger partial charge on any atom is 0.407 e. The predicted molar refractivity (Wildman–Crippen MR) is 182 cm³/mol. The first-order valence-corrected chi connectivity index (χ1v) is 16.5. The summed E-state index contributed by atoms with van der Waals surface area (Å²) in [6, 6.07) is 14.3. The van der Waals surface area contributed by atoms with Crippen LogP contribution in [0, 0.1) is 23.5 Å². The molecule has 1 aliphatic rings. The van der Waals surface area contributed by atoms with Crippen LogP contribution in [0.4, 0.5) is 19.3 Å². The number of carboxylic acid groups (broad SMARTS) is 1. The van der Waals surface area contributed by atoms with Crippen LogP contribution in [0.2, 0.25) is 0 Å². The Morgan fingerprint density at radius 1 is 0.922 bits per heavy atom. The number of carbonyl (C=O) groups is 4. The number of H-pyrrole nitrogens is 1. The van der Waals surface area contributed by atoms with Crippen molar-refractivity contribution in [2.75, 3.05) is 11.9 Å². The van der Waals surface area contributed by atoms with Crippen molar-refractivity contribution >= 4 is 29.6 Å². The number of nitrogens with zero attached hydrogens (tertiary/aromatic N) is 3. The molecule has 1 atom stereocenters. The average molecular weight is 704 g/mol. The number of hydrogen-bond donors (Lipinski definition) is 5. The number of alkyl carbamates (subject to hydrolysis) is 1. The summed E-state index contributed by atoms with van der Waals surface area (Å²) in [6.45, 7) is 5.82. The molecule has 13 nitrogen and oxygen atoms in total. The second-order valence-corrected chi connectivity index (χ2v) is 13.5. The van der Waals surface area contributed by atoms with E-state index in [2.05, 4.69) is 36.6 Å². The number of tetrazole rings is 1. The van der Waals surface area contributed by atoms with Crippen molar-refractivity contribution in [2.24, 2.45) is 11.8 Å². The smallest absolute Gasteiger partial charge is 0.407 e. The Morgan fingerprint density at radius 3 is 2.12 bits per heavy atom. The van der Waals surface area contributed by atoms with E-state index >= 15 is 0 Å². The Bertz CT molecular complexity index is 1830. The highest BCUT2D eigenvalue weighted by Crippen LogP contribution is 2.29. The number of carboxylic acids is 1. The van der Waals surface area contributed by atoms with Gasteiger partial charge in [0.15, 0.2) is 5.82 Å². The van der Waals surface area contributed by atoms with Crippen molar-refractivity contribution in [3.05, 3.63) is 83.4 Å². The summed E-state index contributed by atoms with van der Waals surface area (Å²) in [6.07, 6.45) is 2.23. The van der Waals surface area contributed by atoms with Gasteiger partial charge in [-0.25, -0.2) is 23.5 Å². The molecule has 1 heterocycles. The van der Waals surface area contributed by atoms with Crippen LogP contribution < -0.4 is 16.0 Å². The van der Waals surface area contributed by atoms with Gasteiger partial charge in [-0.15, -0.1) is 5.10 Å². The minimum Gasteiger partial charge on any atom is -0.477 e. The van der Waals surface area contributed by atoms with Crippen LogP contribution in [-0.2, 0) is 20.7 Å². The van der Waals surface area contributed by atoms with Gasteiger partial charge in [0.1, 0.15) is 28.8 Å². The number of anilines is 1. The quantitative estimate of drug-likeness (QED) is 0.134. The van der Waals surface area contributed by atoms with Crippen LogP contribution in [0.25, 0.3) is 22.5 Å². The second-order valence-electron chi connectivity index (χ2n) is 13.5. The lowest BCUT2D eigenvalue weighted by molar-refractivity contribution is -0.130. The number of rotatable bonds is 11. The first kappa shape index (κ1) is 36.5. The molecule has 0 saturated heterocycles. The third-order valence-corrected chi connectivity index (χ3v) is 8.54. The number of aromatic nitrogens is 4. The summed E-state index contributed by atoms with van der Waals surface area (Å²) in [7, 11) is 0. The summed E-state index contributed by atoms with van der Waals surface area (Å²) in [5.74, 6) is -4.48. The number of hydrogen-bond acceptors (Lipinski definition) is 8. The number of aromatic amines is 1. The number of halogens is 2. The van der Waals surface area contributed by atoms with E-state index < -0.39 is 46.8 Å². The molecule has 1 aromatic heterocycles. The van der Waals surface area contributed by atoms with Crippen LogP contribution in [0.3, 0.4) is 0 Å². The summed E-state index contributed by atoms with van der Waals surface area (Å²) >= 11 is 0. The highest BCUT2D eigenvalue weighted by atomic mass is 19.1. The lowest BCUT2D eigenvalue weighted by atomic mass is 9.81. The Hall–Kier alpha value is -5.73. The molecule has 51 heavy (non-hydrogen) atoms. The van der Waals surface area contributed by atoms with E-state index in [1.165, 1.54) is 0 Å². The van der Waals surface area contributed by atoms with E-state index in [-0.39, 0.29) is 29.7 Å². The molecular weight excluding hydrogens is 664 g/mol. The number of benzene rings is 3. The van der Waals surface area contributed by atoms with Crippen LogP contribution >= 0.6 is 0 Å². The minimum absolute atomic E-state index is 0.107. The molecule has 4 aromatic rings. The Balaban J connectivity index is 1.26. The molecule has 0 radical (unpaired) electrons. The first-order valence-electron chi connectivity index (χ1n) is 16.5. The van der Waals surface area contributed by atoms with Gasteiger partial charge < -0.3 is 25.8 Å². The molecule has 1 saturated carbocycles. The fraction of sp³-hybridized carbons (Fsp3) is 0.361. The van der Waals surface area contributed by atoms with Gasteiger partial charge in [-0.2, -0.15) is 0 Å². The predicted octanol–water partition coefficient (Wildman–Crippen LogP) is 5.51. The molecule has 1 fully saturated rings. The molecule has 3 amide bonds. The lowest BCUT2D eigenvalue weighted by Gasteiger charge is -2.29. The highest BCUT2D eigenvalue weighted by molar-refractivity contribution is 5.98. The lowest BCUT2D eigenvalue weighted by Crippen LogP contribution is -2.48. The van der Waals surface area contributed by atoms with Gasteiger partial charge in [0.05, 0.1) is 0 Å². The zero-order valence-electron chi connectivity index (χ0n) is 28.3. The van der Waals surface area contributed by atoms with E-state index in [1.807, 2.05) is 0 Å². The van der Waals surface area contributed by atoms with Gasteiger partial charge in [0.2, 0.25) is 11.8 Å². The normalized spacial score (nSPS) is 16.5. The fourth-order valence-corrected chi connectivity index (χ4v) is 5.90. The van der Waals surface area contributed by atoms with Crippen LogP contribution in [0.5, 0.6) is 0 Å². The molecule has 1 aliphatic carbocycles. The van der Waals surface area contributed by atoms with Crippen molar-refractivity contribution in [3.63, 3.8) is 0 Å². The Morgan fingerprint density at radius 2 is 1.55 bits per heavy atom. The minimum atomic E-state index is -1.70. The van der Waals surface area contributed by atoms with Gasteiger partial charge in [-0.3, -0.25) is 9.59 Å². The Labute approximate surface area is 292 Å².